The average Bonchev–Trinajstić information content (AvgIpc) is 2.56. The monoisotopic (exact) mass is 354 g/mol. The lowest BCUT2D eigenvalue weighted by Gasteiger charge is -2.26. The minimum atomic E-state index is -0.636. The molecule has 2 rings (SSSR count). The highest BCUT2D eigenvalue weighted by Crippen LogP contribution is 2.24. The van der Waals surface area contributed by atoms with Gasteiger partial charge in [-0.05, 0) is 37.0 Å². The van der Waals surface area contributed by atoms with E-state index in [9.17, 15) is 14.0 Å². The highest BCUT2D eigenvalue weighted by Gasteiger charge is 2.28. The highest BCUT2D eigenvalue weighted by molar-refractivity contribution is 6.31. The zero-order chi connectivity index (χ0) is 17.7. The van der Waals surface area contributed by atoms with Crippen LogP contribution in [0.2, 0.25) is 5.02 Å². The molecule has 2 amide bonds. The van der Waals surface area contributed by atoms with Crippen LogP contribution >= 0.6 is 11.6 Å². The third-order valence-electron chi connectivity index (χ3n) is 4.41. The number of hydrogen-bond acceptors (Lipinski definition) is 2. The van der Waals surface area contributed by atoms with Crippen LogP contribution in [0.15, 0.2) is 18.2 Å². The van der Waals surface area contributed by atoms with E-state index in [1.807, 2.05) is 13.8 Å². The number of carbonyl (C=O) groups is 2. The summed E-state index contributed by atoms with van der Waals surface area (Å²) in [7, 11) is 0. The Hall–Kier alpha value is -1.62. The van der Waals surface area contributed by atoms with Crippen molar-refractivity contribution in [3.05, 3.63) is 29.0 Å². The fourth-order valence-corrected chi connectivity index (χ4v) is 3.15. The van der Waals surface area contributed by atoms with Crippen molar-refractivity contribution in [1.82, 2.24) is 5.32 Å². The number of anilines is 1. The van der Waals surface area contributed by atoms with Crippen molar-refractivity contribution in [2.24, 2.45) is 11.8 Å². The van der Waals surface area contributed by atoms with Gasteiger partial charge in [-0.25, -0.2) is 4.39 Å². The first-order chi connectivity index (χ1) is 11.4. The molecule has 0 aliphatic heterocycles. The summed E-state index contributed by atoms with van der Waals surface area (Å²) in [5, 5.41) is 5.51. The van der Waals surface area contributed by atoms with Crippen molar-refractivity contribution in [3.8, 4) is 0 Å². The van der Waals surface area contributed by atoms with Gasteiger partial charge in [-0.2, -0.15) is 0 Å². The van der Waals surface area contributed by atoms with Gasteiger partial charge in [0.25, 0.3) is 0 Å². The van der Waals surface area contributed by atoms with Crippen LogP contribution < -0.4 is 10.6 Å². The fourth-order valence-electron chi connectivity index (χ4n) is 2.96. The van der Waals surface area contributed by atoms with E-state index < -0.39 is 11.9 Å². The molecule has 0 aromatic heterocycles. The van der Waals surface area contributed by atoms with Gasteiger partial charge in [0.05, 0.1) is 5.02 Å². The van der Waals surface area contributed by atoms with Crippen LogP contribution in [-0.4, -0.2) is 17.9 Å². The summed E-state index contributed by atoms with van der Waals surface area (Å²) in [6.07, 6.45) is 5.05. The number of halogens is 2. The van der Waals surface area contributed by atoms with Crippen LogP contribution in [0.5, 0.6) is 0 Å². The number of benzene rings is 1. The SMILES string of the molecule is CC(C)[C@@H](NC(=O)C1CCCCC1)C(=O)Nc1ccc(F)c(Cl)c1. The molecular weight excluding hydrogens is 331 g/mol. The van der Waals surface area contributed by atoms with Crippen molar-refractivity contribution in [3.63, 3.8) is 0 Å². The number of rotatable bonds is 5. The molecule has 1 fully saturated rings. The molecular formula is C18H24ClFN2O2. The van der Waals surface area contributed by atoms with E-state index in [1.165, 1.54) is 24.6 Å². The van der Waals surface area contributed by atoms with Gasteiger partial charge in [-0.1, -0.05) is 44.7 Å². The lowest BCUT2D eigenvalue weighted by atomic mass is 9.88. The summed E-state index contributed by atoms with van der Waals surface area (Å²) in [6, 6.07) is 3.36. The molecule has 0 spiro atoms. The van der Waals surface area contributed by atoms with Gasteiger partial charge in [0.1, 0.15) is 11.9 Å². The Kier molecular flexibility index (Phi) is 6.60. The van der Waals surface area contributed by atoms with E-state index in [0.29, 0.717) is 5.69 Å². The predicted molar refractivity (Wildman–Crippen MR) is 93.4 cm³/mol. The van der Waals surface area contributed by atoms with Crippen molar-refractivity contribution in [1.29, 1.82) is 0 Å². The van der Waals surface area contributed by atoms with Crippen molar-refractivity contribution < 1.29 is 14.0 Å². The van der Waals surface area contributed by atoms with E-state index in [0.717, 1.165) is 25.7 Å². The fraction of sp³-hybridized carbons (Fsp3) is 0.556. The third-order valence-corrected chi connectivity index (χ3v) is 4.70. The van der Waals surface area contributed by atoms with Crippen molar-refractivity contribution in [2.75, 3.05) is 5.32 Å². The molecule has 0 bridgehead atoms. The molecule has 4 nitrogen and oxygen atoms in total. The molecule has 0 radical (unpaired) electrons. The second-order valence-electron chi connectivity index (χ2n) is 6.68. The lowest BCUT2D eigenvalue weighted by molar-refractivity contribution is -0.130. The summed E-state index contributed by atoms with van der Waals surface area (Å²) in [5.41, 5.74) is 0.406. The summed E-state index contributed by atoms with van der Waals surface area (Å²) < 4.78 is 13.2. The van der Waals surface area contributed by atoms with Crippen molar-refractivity contribution >= 4 is 29.1 Å². The molecule has 6 heteroatoms. The average molecular weight is 355 g/mol. The first-order valence-corrected chi connectivity index (χ1v) is 8.82. The van der Waals surface area contributed by atoms with E-state index in [2.05, 4.69) is 10.6 Å². The lowest BCUT2D eigenvalue weighted by Crippen LogP contribution is -2.49. The van der Waals surface area contributed by atoms with Gasteiger partial charge in [-0.15, -0.1) is 0 Å². The maximum absolute atomic E-state index is 13.2. The highest BCUT2D eigenvalue weighted by atomic mass is 35.5. The normalized spacial score (nSPS) is 16.7. The molecule has 1 aromatic rings. The van der Waals surface area contributed by atoms with Gasteiger partial charge in [0.15, 0.2) is 0 Å². The summed E-state index contributed by atoms with van der Waals surface area (Å²) in [6.45, 7) is 3.76. The predicted octanol–water partition coefficient (Wildman–Crippen LogP) is 4.14. The van der Waals surface area contributed by atoms with Gasteiger partial charge >= 0.3 is 0 Å². The molecule has 0 saturated heterocycles. The molecule has 1 aromatic carbocycles. The molecule has 0 heterocycles. The van der Waals surface area contributed by atoms with Gasteiger partial charge in [0, 0.05) is 11.6 Å². The molecule has 0 unspecified atom stereocenters. The summed E-state index contributed by atoms with van der Waals surface area (Å²) in [5.74, 6) is -0.986. The quantitative estimate of drug-likeness (QED) is 0.834. The Morgan fingerprint density at radius 3 is 2.46 bits per heavy atom. The molecule has 1 aliphatic rings. The smallest absolute Gasteiger partial charge is 0.247 e. The van der Waals surface area contributed by atoms with E-state index >= 15 is 0 Å². The standard InChI is InChI=1S/C18H24ClFN2O2/c1-11(2)16(22-17(23)12-6-4-3-5-7-12)18(24)21-13-8-9-15(20)14(19)10-13/h8-12,16H,3-7H2,1-2H3,(H,21,24)(H,22,23)/t16-/m1/s1. The zero-order valence-corrected chi connectivity index (χ0v) is 14.8. The summed E-state index contributed by atoms with van der Waals surface area (Å²) >= 11 is 5.73. The maximum atomic E-state index is 13.2. The van der Waals surface area contributed by atoms with Crippen LogP contribution in [0.4, 0.5) is 10.1 Å². The third kappa shape index (κ3) is 4.94. The zero-order valence-electron chi connectivity index (χ0n) is 14.1. The summed E-state index contributed by atoms with van der Waals surface area (Å²) in [4.78, 5) is 24.9. The number of carbonyl (C=O) groups excluding carboxylic acids is 2. The second kappa shape index (κ2) is 8.47. The van der Waals surface area contributed by atoms with Gasteiger partial charge < -0.3 is 10.6 Å². The molecule has 132 valence electrons. The van der Waals surface area contributed by atoms with Crippen LogP contribution in [0, 0.1) is 17.7 Å². The Balaban J connectivity index is 2.01. The minimum Gasteiger partial charge on any atom is -0.344 e. The first-order valence-electron chi connectivity index (χ1n) is 8.44. The minimum absolute atomic E-state index is 0.00642. The topological polar surface area (TPSA) is 58.2 Å². The first kappa shape index (κ1) is 18.7. The van der Waals surface area contributed by atoms with Crippen LogP contribution in [-0.2, 0) is 9.59 Å². The Labute approximate surface area is 147 Å². The van der Waals surface area contributed by atoms with E-state index in [4.69, 9.17) is 11.6 Å². The maximum Gasteiger partial charge on any atom is 0.247 e. The Bertz CT molecular complexity index is 601. The van der Waals surface area contributed by atoms with Crippen molar-refractivity contribution in [2.45, 2.75) is 52.0 Å². The number of amides is 2. The molecule has 24 heavy (non-hydrogen) atoms. The van der Waals surface area contributed by atoms with Crippen LogP contribution in [0.3, 0.4) is 0 Å². The Morgan fingerprint density at radius 2 is 1.88 bits per heavy atom. The van der Waals surface area contributed by atoms with Gasteiger partial charge in [-0.3, -0.25) is 9.59 Å². The Morgan fingerprint density at radius 1 is 1.21 bits per heavy atom. The number of nitrogens with one attached hydrogen (secondary N) is 2. The molecule has 1 aliphatic carbocycles. The number of hydrogen-bond donors (Lipinski definition) is 2. The largest absolute Gasteiger partial charge is 0.344 e. The van der Waals surface area contributed by atoms with Gasteiger partial charge in [0.2, 0.25) is 11.8 Å². The van der Waals surface area contributed by atoms with Crippen LogP contribution in [0.1, 0.15) is 46.0 Å². The van der Waals surface area contributed by atoms with Crippen LogP contribution in [0.25, 0.3) is 0 Å². The molecule has 1 atom stereocenters. The molecule has 2 N–H and O–H groups in total. The van der Waals surface area contributed by atoms with E-state index in [-0.39, 0.29) is 28.7 Å². The molecule has 1 saturated carbocycles. The second-order valence-corrected chi connectivity index (χ2v) is 7.09. The van der Waals surface area contributed by atoms with E-state index in [1.54, 1.807) is 0 Å².